The van der Waals surface area contributed by atoms with Crippen molar-refractivity contribution in [1.29, 1.82) is 0 Å². The summed E-state index contributed by atoms with van der Waals surface area (Å²) >= 11 is 0. The minimum atomic E-state index is -0.173. The summed E-state index contributed by atoms with van der Waals surface area (Å²) in [5.74, 6) is 0.160. The van der Waals surface area contributed by atoms with Gasteiger partial charge in [0.25, 0.3) is 5.56 Å². The van der Waals surface area contributed by atoms with Crippen LogP contribution in [0.1, 0.15) is 16.7 Å². The zero-order valence-electron chi connectivity index (χ0n) is 10.6. The van der Waals surface area contributed by atoms with Crippen LogP contribution in [0.5, 0.6) is 5.75 Å². The van der Waals surface area contributed by atoms with Gasteiger partial charge < -0.3 is 9.84 Å². The van der Waals surface area contributed by atoms with Gasteiger partial charge in [-0.15, -0.1) is 0 Å². The Bertz CT molecular complexity index is 692. The first-order chi connectivity index (χ1) is 9.16. The zero-order valence-corrected chi connectivity index (χ0v) is 10.6. The topological polar surface area (TPSA) is 75.2 Å². The standard InChI is InChI=1S/C14H14N2O3/c1-8-2-3-10(12(17)6-8)13-11-7-19-5-4-9(11)14(18)16-15-13/h2-3,6,17H,4-5,7H2,1H3,(H,16,18). The maximum Gasteiger partial charge on any atom is 0.267 e. The number of aryl methyl sites for hydroxylation is 1. The monoisotopic (exact) mass is 258 g/mol. The van der Waals surface area contributed by atoms with Crippen molar-refractivity contribution >= 4 is 0 Å². The third kappa shape index (κ3) is 2.02. The lowest BCUT2D eigenvalue weighted by Crippen LogP contribution is -2.24. The van der Waals surface area contributed by atoms with Crippen molar-refractivity contribution in [3.05, 3.63) is 45.2 Å². The summed E-state index contributed by atoms with van der Waals surface area (Å²) in [4.78, 5) is 11.8. The van der Waals surface area contributed by atoms with E-state index in [0.717, 1.165) is 11.1 Å². The van der Waals surface area contributed by atoms with Crippen molar-refractivity contribution in [1.82, 2.24) is 10.2 Å². The maximum atomic E-state index is 11.8. The third-order valence-corrected chi connectivity index (χ3v) is 3.34. The maximum absolute atomic E-state index is 11.8. The minimum Gasteiger partial charge on any atom is -0.507 e. The van der Waals surface area contributed by atoms with E-state index >= 15 is 0 Å². The Hall–Kier alpha value is -2.14. The van der Waals surface area contributed by atoms with Gasteiger partial charge in [-0.2, -0.15) is 5.10 Å². The molecule has 1 aromatic carbocycles. The molecule has 5 nitrogen and oxygen atoms in total. The fourth-order valence-corrected chi connectivity index (χ4v) is 2.35. The van der Waals surface area contributed by atoms with E-state index in [1.54, 1.807) is 12.1 Å². The van der Waals surface area contributed by atoms with Gasteiger partial charge in [0.15, 0.2) is 0 Å². The number of ether oxygens (including phenoxy) is 1. The number of phenolic OH excluding ortho intramolecular Hbond substituents is 1. The number of aromatic nitrogens is 2. The molecule has 0 saturated heterocycles. The summed E-state index contributed by atoms with van der Waals surface area (Å²) in [6.45, 7) is 2.80. The zero-order chi connectivity index (χ0) is 13.4. The molecule has 19 heavy (non-hydrogen) atoms. The SMILES string of the molecule is Cc1ccc(-c2n[nH]c(=O)c3c2COCC3)c(O)c1. The number of phenols is 1. The fraction of sp³-hybridized carbons (Fsp3) is 0.286. The van der Waals surface area contributed by atoms with Crippen molar-refractivity contribution in [2.24, 2.45) is 0 Å². The molecule has 0 spiro atoms. The Labute approximate surface area is 109 Å². The lowest BCUT2D eigenvalue weighted by molar-refractivity contribution is 0.110. The van der Waals surface area contributed by atoms with Crippen LogP contribution in [0.2, 0.25) is 0 Å². The van der Waals surface area contributed by atoms with Crippen LogP contribution in [-0.2, 0) is 17.8 Å². The van der Waals surface area contributed by atoms with E-state index in [1.165, 1.54) is 0 Å². The largest absolute Gasteiger partial charge is 0.507 e. The van der Waals surface area contributed by atoms with Gasteiger partial charge in [0, 0.05) is 23.1 Å². The molecule has 1 aromatic heterocycles. The Morgan fingerprint density at radius 1 is 1.37 bits per heavy atom. The van der Waals surface area contributed by atoms with Crippen LogP contribution >= 0.6 is 0 Å². The molecule has 2 aromatic rings. The smallest absolute Gasteiger partial charge is 0.267 e. The first-order valence-corrected chi connectivity index (χ1v) is 6.15. The molecule has 1 aliphatic heterocycles. The second kappa shape index (κ2) is 4.51. The van der Waals surface area contributed by atoms with Crippen LogP contribution in [-0.4, -0.2) is 21.9 Å². The normalized spacial score (nSPS) is 14.2. The quantitative estimate of drug-likeness (QED) is 0.813. The molecule has 0 aliphatic carbocycles. The Kier molecular flexibility index (Phi) is 2.83. The van der Waals surface area contributed by atoms with Crippen LogP contribution < -0.4 is 5.56 Å². The number of H-pyrrole nitrogens is 1. The third-order valence-electron chi connectivity index (χ3n) is 3.34. The van der Waals surface area contributed by atoms with Crippen molar-refractivity contribution in [3.63, 3.8) is 0 Å². The molecule has 98 valence electrons. The van der Waals surface area contributed by atoms with E-state index in [1.807, 2.05) is 13.0 Å². The predicted octanol–water partition coefficient (Wildman–Crippen LogP) is 1.52. The number of hydrogen-bond acceptors (Lipinski definition) is 4. The second-order valence-corrected chi connectivity index (χ2v) is 4.68. The van der Waals surface area contributed by atoms with Crippen LogP contribution in [0.3, 0.4) is 0 Å². The van der Waals surface area contributed by atoms with E-state index in [9.17, 15) is 9.90 Å². The molecule has 0 radical (unpaired) electrons. The molecule has 2 heterocycles. The second-order valence-electron chi connectivity index (χ2n) is 4.68. The number of nitrogens with one attached hydrogen (secondary N) is 1. The van der Waals surface area contributed by atoms with Gasteiger partial charge in [-0.25, -0.2) is 5.10 Å². The van der Waals surface area contributed by atoms with E-state index in [-0.39, 0.29) is 11.3 Å². The number of rotatable bonds is 1. The summed E-state index contributed by atoms with van der Waals surface area (Å²) in [7, 11) is 0. The van der Waals surface area contributed by atoms with Crippen LogP contribution in [0, 0.1) is 6.92 Å². The van der Waals surface area contributed by atoms with Crippen molar-refractivity contribution in [2.75, 3.05) is 6.61 Å². The highest BCUT2D eigenvalue weighted by Gasteiger charge is 2.20. The summed E-state index contributed by atoms with van der Waals surface area (Å²) in [5.41, 5.74) is 3.48. The summed E-state index contributed by atoms with van der Waals surface area (Å²) in [5, 5.41) is 16.6. The number of benzene rings is 1. The number of fused-ring (bicyclic) bond motifs is 1. The lowest BCUT2D eigenvalue weighted by atomic mass is 9.98. The first-order valence-electron chi connectivity index (χ1n) is 6.15. The average Bonchev–Trinajstić information content (AvgIpc) is 2.41. The Balaban J connectivity index is 2.23. The number of aromatic hydroxyl groups is 1. The summed E-state index contributed by atoms with van der Waals surface area (Å²) in [6.07, 6.45) is 0.576. The molecular weight excluding hydrogens is 244 g/mol. The van der Waals surface area contributed by atoms with E-state index in [4.69, 9.17) is 4.74 Å². The van der Waals surface area contributed by atoms with Crippen LogP contribution in [0.15, 0.2) is 23.0 Å². The van der Waals surface area contributed by atoms with Crippen LogP contribution in [0.4, 0.5) is 0 Å². The Morgan fingerprint density at radius 3 is 3.00 bits per heavy atom. The van der Waals surface area contributed by atoms with Crippen molar-refractivity contribution < 1.29 is 9.84 Å². The van der Waals surface area contributed by atoms with Crippen LogP contribution in [0.25, 0.3) is 11.3 Å². The van der Waals surface area contributed by atoms with Gasteiger partial charge in [-0.3, -0.25) is 4.79 Å². The van der Waals surface area contributed by atoms with Crippen molar-refractivity contribution in [2.45, 2.75) is 20.0 Å². The molecule has 3 rings (SSSR count). The predicted molar refractivity (Wildman–Crippen MR) is 70.1 cm³/mol. The molecule has 0 amide bonds. The molecular formula is C14H14N2O3. The molecule has 0 unspecified atom stereocenters. The first kappa shape index (κ1) is 11.9. The number of nitrogens with zero attached hydrogens (tertiary/aromatic N) is 1. The average molecular weight is 258 g/mol. The number of hydrogen-bond donors (Lipinski definition) is 2. The molecule has 0 saturated carbocycles. The van der Waals surface area contributed by atoms with Gasteiger partial charge in [-0.1, -0.05) is 6.07 Å². The van der Waals surface area contributed by atoms with Crippen molar-refractivity contribution in [3.8, 4) is 17.0 Å². The molecule has 2 N–H and O–H groups in total. The van der Waals surface area contributed by atoms with E-state index in [2.05, 4.69) is 10.2 Å². The van der Waals surface area contributed by atoms with Gasteiger partial charge >= 0.3 is 0 Å². The number of aromatic amines is 1. The molecule has 0 bridgehead atoms. The fourth-order valence-electron chi connectivity index (χ4n) is 2.35. The highest BCUT2D eigenvalue weighted by Crippen LogP contribution is 2.32. The molecule has 0 fully saturated rings. The van der Waals surface area contributed by atoms with Gasteiger partial charge in [0.05, 0.1) is 13.2 Å². The highest BCUT2D eigenvalue weighted by atomic mass is 16.5. The molecule has 1 aliphatic rings. The summed E-state index contributed by atoms with van der Waals surface area (Å²) in [6, 6.07) is 5.39. The summed E-state index contributed by atoms with van der Waals surface area (Å²) < 4.78 is 5.40. The highest BCUT2D eigenvalue weighted by molar-refractivity contribution is 5.70. The molecule has 5 heteroatoms. The Morgan fingerprint density at radius 2 is 2.21 bits per heavy atom. The van der Waals surface area contributed by atoms with Gasteiger partial charge in [0.2, 0.25) is 0 Å². The van der Waals surface area contributed by atoms with E-state index < -0.39 is 0 Å². The van der Waals surface area contributed by atoms with Gasteiger partial charge in [0.1, 0.15) is 11.4 Å². The molecule has 0 atom stereocenters. The minimum absolute atomic E-state index is 0.160. The van der Waals surface area contributed by atoms with Gasteiger partial charge in [-0.05, 0) is 24.6 Å². The van der Waals surface area contributed by atoms with E-state index in [0.29, 0.717) is 36.5 Å². The lowest BCUT2D eigenvalue weighted by Gasteiger charge is -2.18.